The first-order valence-corrected chi connectivity index (χ1v) is 6.42. The van der Waals surface area contributed by atoms with Crippen molar-refractivity contribution in [3.63, 3.8) is 0 Å². The molecule has 2 aromatic rings. The third kappa shape index (κ3) is 2.38. The molecule has 0 bridgehead atoms. The molecular formula is C16H15F2N. The molecule has 2 aromatic carbocycles. The summed E-state index contributed by atoms with van der Waals surface area (Å²) >= 11 is 0. The van der Waals surface area contributed by atoms with Crippen molar-refractivity contribution in [3.05, 3.63) is 71.3 Å². The van der Waals surface area contributed by atoms with Crippen molar-refractivity contribution in [1.82, 2.24) is 0 Å². The first-order chi connectivity index (χ1) is 9.16. The van der Waals surface area contributed by atoms with E-state index in [1.165, 1.54) is 11.6 Å². The Labute approximate surface area is 111 Å². The van der Waals surface area contributed by atoms with Crippen LogP contribution >= 0.6 is 0 Å². The van der Waals surface area contributed by atoms with Gasteiger partial charge in [0, 0.05) is 6.04 Å². The lowest BCUT2D eigenvalue weighted by Crippen LogP contribution is -2.14. The normalized spacial score (nSPS) is 23.1. The molecule has 1 nitrogen and oxygen atoms in total. The Kier molecular flexibility index (Phi) is 3.07. The molecule has 3 heteroatoms. The van der Waals surface area contributed by atoms with E-state index in [0.29, 0.717) is 17.4 Å². The van der Waals surface area contributed by atoms with Crippen molar-refractivity contribution in [2.24, 2.45) is 11.7 Å². The molecule has 1 saturated carbocycles. The molecule has 3 unspecified atom stereocenters. The Hall–Kier alpha value is -1.74. The fourth-order valence-electron chi connectivity index (χ4n) is 2.66. The van der Waals surface area contributed by atoms with Gasteiger partial charge in [-0.1, -0.05) is 36.4 Å². The van der Waals surface area contributed by atoms with Crippen LogP contribution in [0.1, 0.15) is 29.5 Å². The maximum atomic E-state index is 13.2. The molecule has 0 saturated heterocycles. The average molecular weight is 259 g/mol. The summed E-state index contributed by atoms with van der Waals surface area (Å²) in [5.74, 6) is -0.909. The Morgan fingerprint density at radius 2 is 1.74 bits per heavy atom. The van der Waals surface area contributed by atoms with E-state index in [9.17, 15) is 8.78 Å². The van der Waals surface area contributed by atoms with Crippen molar-refractivity contribution < 1.29 is 8.78 Å². The van der Waals surface area contributed by atoms with Crippen molar-refractivity contribution >= 4 is 0 Å². The monoisotopic (exact) mass is 259 g/mol. The highest BCUT2D eigenvalue weighted by Crippen LogP contribution is 2.53. The SMILES string of the molecule is NC(c1ccc(F)c(F)c1)C1CC1c1ccccc1. The summed E-state index contributed by atoms with van der Waals surface area (Å²) in [5, 5.41) is 0. The van der Waals surface area contributed by atoms with E-state index in [4.69, 9.17) is 5.73 Å². The van der Waals surface area contributed by atoms with Gasteiger partial charge in [-0.2, -0.15) is 0 Å². The van der Waals surface area contributed by atoms with E-state index >= 15 is 0 Å². The van der Waals surface area contributed by atoms with Gasteiger partial charge in [0.1, 0.15) is 0 Å². The third-order valence-corrected chi connectivity index (χ3v) is 3.86. The van der Waals surface area contributed by atoms with Crippen LogP contribution in [0.3, 0.4) is 0 Å². The van der Waals surface area contributed by atoms with E-state index in [0.717, 1.165) is 12.5 Å². The zero-order valence-corrected chi connectivity index (χ0v) is 10.4. The Morgan fingerprint density at radius 1 is 1.00 bits per heavy atom. The fraction of sp³-hybridized carbons (Fsp3) is 0.250. The molecular weight excluding hydrogens is 244 g/mol. The van der Waals surface area contributed by atoms with Gasteiger partial charge in [-0.3, -0.25) is 0 Å². The van der Waals surface area contributed by atoms with Crippen LogP contribution < -0.4 is 5.73 Å². The smallest absolute Gasteiger partial charge is 0.159 e. The Balaban J connectivity index is 1.76. The second-order valence-corrected chi connectivity index (χ2v) is 5.12. The van der Waals surface area contributed by atoms with Gasteiger partial charge in [-0.05, 0) is 41.5 Å². The van der Waals surface area contributed by atoms with Gasteiger partial charge in [-0.25, -0.2) is 8.78 Å². The lowest BCUT2D eigenvalue weighted by Gasteiger charge is -2.12. The second-order valence-electron chi connectivity index (χ2n) is 5.12. The Morgan fingerprint density at radius 3 is 2.42 bits per heavy atom. The van der Waals surface area contributed by atoms with E-state index in [1.807, 2.05) is 18.2 Å². The maximum Gasteiger partial charge on any atom is 0.159 e. The van der Waals surface area contributed by atoms with Gasteiger partial charge in [0.05, 0.1) is 0 Å². The molecule has 1 aliphatic rings. The highest BCUT2D eigenvalue weighted by atomic mass is 19.2. The molecule has 1 fully saturated rings. The van der Waals surface area contributed by atoms with Crippen LogP contribution in [0.2, 0.25) is 0 Å². The van der Waals surface area contributed by atoms with Gasteiger partial charge in [0.2, 0.25) is 0 Å². The van der Waals surface area contributed by atoms with Gasteiger partial charge >= 0.3 is 0 Å². The van der Waals surface area contributed by atoms with Crippen molar-refractivity contribution in [2.75, 3.05) is 0 Å². The van der Waals surface area contributed by atoms with Crippen molar-refractivity contribution in [3.8, 4) is 0 Å². The first kappa shape index (κ1) is 12.3. The molecule has 98 valence electrons. The molecule has 0 aliphatic heterocycles. The maximum absolute atomic E-state index is 13.2. The van der Waals surface area contributed by atoms with Gasteiger partial charge in [-0.15, -0.1) is 0 Å². The lowest BCUT2D eigenvalue weighted by molar-refractivity contribution is 0.502. The molecule has 3 rings (SSSR count). The molecule has 0 amide bonds. The molecule has 0 aromatic heterocycles. The van der Waals surface area contributed by atoms with Crippen LogP contribution in [0, 0.1) is 17.6 Å². The third-order valence-electron chi connectivity index (χ3n) is 3.86. The first-order valence-electron chi connectivity index (χ1n) is 6.42. The molecule has 1 aliphatic carbocycles. The summed E-state index contributed by atoms with van der Waals surface area (Å²) in [4.78, 5) is 0. The van der Waals surface area contributed by atoms with Gasteiger partial charge < -0.3 is 5.73 Å². The van der Waals surface area contributed by atoms with Gasteiger partial charge in [0.25, 0.3) is 0 Å². The summed E-state index contributed by atoms with van der Waals surface area (Å²) in [6.45, 7) is 0. The summed E-state index contributed by atoms with van der Waals surface area (Å²) in [7, 11) is 0. The van der Waals surface area contributed by atoms with Crippen LogP contribution in [0.15, 0.2) is 48.5 Å². The van der Waals surface area contributed by atoms with Crippen LogP contribution in [0.5, 0.6) is 0 Å². The topological polar surface area (TPSA) is 26.0 Å². The molecule has 2 N–H and O–H groups in total. The number of benzene rings is 2. The Bertz CT molecular complexity index is 583. The van der Waals surface area contributed by atoms with Crippen LogP contribution in [0.25, 0.3) is 0 Å². The number of halogens is 2. The summed E-state index contributed by atoms with van der Waals surface area (Å²) in [6, 6.07) is 13.9. The predicted octanol–water partition coefficient (Wildman–Crippen LogP) is 3.77. The largest absolute Gasteiger partial charge is 0.324 e. The zero-order valence-electron chi connectivity index (χ0n) is 10.4. The molecule has 0 radical (unpaired) electrons. The number of hydrogen-bond donors (Lipinski definition) is 1. The summed E-state index contributed by atoms with van der Waals surface area (Å²) < 4.78 is 26.1. The molecule has 0 spiro atoms. The minimum Gasteiger partial charge on any atom is -0.324 e. The van der Waals surface area contributed by atoms with Crippen LogP contribution in [0.4, 0.5) is 8.78 Å². The zero-order chi connectivity index (χ0) is 13.4. The van der Waals surface area contributed by atoms with E-state index in [2.05, 4.69) is 12.1 Å². The number of rotatable bonds is 3. The standard InChI is InChI=1S/C16H15F2N/c17-14-7-6-11(8-15(14)18)16(19)13-9-12(13)10-4-2-1-3-5-10/h1-8,12-13,16H,9,19H2. The van der Waals surface area contributed by atoms with Crippen LogP contribution in [-0.4, -0.2) is 0 Å². The summed E-state index contributed by atoms with van der Waals surface area (Å²) in [5.41, 5.74) is 8.10. The lowest BCUT2D eigenvalue weighted by atomic mass is 9.99. The predicted molar refractivity (Wildman–Crippen MR) is 70.6 cm³/mol. The highest BCUT2D eigenvalue weighted by molar-refractivity contribution is 5.30. The molecule has 0 heterocycles. The molecule has 19 heavy (non-hydrogen) atoms. The highest BCUT2D eigenvalue weighted by Gasteiger charge is 2.42. The summed E-state index contributed by atoms with van der Waals surface area (Å²) in [6.07, 6.45) is 1.00. The van der Waals surface area contributed by atoms with Crippen molar-refractivity contribution in [1.29, 1.82) is 0 Å². The van der Waals surface area contributed by atoms with Gasteiger partial charge in [0.15, 0.2) is 11.6 Å². The fourth-order valence-corrected chi connectivity index (χ4v) is 2.66. The van der Waals surface area contributed by atoms with E-state index in [1.54, 1.807) is 6.07 Å². The number of hydrogen-bond acceptors (Lipinski definition) is 1. The quantitative estimate of drug-likeness (QED) is 0.892. The van der Waals surface area contributed by atoms with Crippen molar-refractivity contribution in [2.45, 2.75) is 18.4 Å². The minimum absolute atomic E-state index is 0.236. The minimum atomic E-state index is -0.829. The number of nitrogens with two attached hydrogens (primary N) is 1. The second kappa shape index (κ2) is 4.74. The van der Waals surface area contributed by atoms with E-state index in [-0.39, 0.29) is 6.04 Å². The molecule has 3 atom stereocenters. The van der Waals surface area contributed by atoms with E-state index < -0.39 is 11.6 Å². The average Bonchev–Trinajstić information content (AvgIpc) is 3.22. The van der Waals surface area contributed by atoms with Crippen LogP contribution in [-0.2, 0) is 0 Å².